The second kappa shape index (κ2) is 11.5. The number of fused-ring (bicyclic) bond motifs is 1. The molecule has 5 aromatic carbocycles. The Morgan fingerprint density at radius 1 is 0.738 bits per heavy atom. The minimum absolute atomic E-state index is 0.110. The Balaban J connectivity index is 1.26. The van der Waals surface area contributed by atoms with E-state index in [2.05, 4.69) is 24.3 Å². The summed E-state index contributed by atoms with van der Waals surface area (Å²) in [4.78, 5) is 35.1. The van der Waals surface area contributed by atoms with Crippen molar-refractivity contribution in [1.29, 1.82) is 0 Å². The van der Waals surface area contributed by atoms with Crippen LogP contribution in [0.3, 0.4) is 0 Å². The van der Waals surface area contributed by atoms with Gasteiger partial charge in [0.1, 0.15) is 11.5 Å². The van der Waals surface area contributed by atoms with Crippen LogP contribution in [0.25, 0.3) is 22.9 Å². The third-order valence-corrected chi connectivity index (χ3v) is 7.22. The Kier molecular flexibility index (Phi) is 7.31. The van der Waals surface area contributed by atoms with Crippen LogP contribution in [0.2, 0.25) is 0 Å². The van der Waals surface area contributed by atoms with E-state index >= 15 is 0 Å². The van der Waals surface area contributed by atoms with E-state index in [1.165, 1.54) is 0 Å². The van der Waals surface area contributed by atoms with E-state index in [-0.39, 0.29) is 11.7 Å². The lowest BCUT2D eigenvalue weighted by molar-refractivity contribution is -0.113. The molecule has 5 nitrogen and oxygen atoms in total. The fourth-order valence-electron chi connectivity index (χ4n) is 4.92. The normalized spacial score (nSPS) is 14.1. The number of benzene rings is 5. The maximum absolute atomic E-state index is 13.7. The van der Waals surface area contributed by atoms with Gasteiger partial charge in [-0.05, 0) is 76.5 Å². The number of nitrogens with zero attached hydrogens (tertiary/aromatic N) is 3. The van der Waals surface area contributed by atoms with Crippen LogP contribution >= 0.6 is 0 Å². The van der Waals surface area contributed by atoms with E-state index in [1.807, 2.05) is 97.9 Å². The van der Waals surface area contributed by atoms with Gasteiger partial charge in [0.15, 0.2) is 5.78 Å². The lowest BCUT2D eigenvalue weighted by Crippen LogP contribution is -2.32. The zero-order chi connectivity index (χ0) is 29.1. The predicted molar refractivity (Wildman–Crippen MR) is 173 cm³/mol. The van der Waals surface area contributed by atoms with E-state index in [0.29, 0.717) is 22.8 Å². The van der Waals surface area contributed by atoms with Crippen molar-refractivity contribution in [2.45, 2.75) is 0 Å². The van der Waals surface area contributed by atoms with E-state index in [1.54, 1.807) is 41.3 Å². The highest BCUT2D eigenvalue weighted by atomic mass is 16.2. The number of aliphatic imine (C=N–C) groups is 1. The van der Waals surface area contributed by atoms with E-state index < -0.39 is 0 Å². The molecule has 0 fully saturated rings. The molecule has 0 aromatic heterocycles. The fraction of sp³-hybridized carbons (Fsp3) is 0.0541. The maximum atomic E-state index is 13.7. The van der Waals surface area contributed by atoms with Crippen LogP contribution in [-0.2, 0) is 4.79 Å². The molecular weight excluding hydrogens is 518 g/mol. The summed E-state index contributed by atoms with van der Waals surface area (Å²) in [6.45, 7) is 0. The minimum atomic E-state index is -0.221. The Hall–Kier alpha value is -5.55. The zero-order valence-corrected chi connectivity index (χ0v) is 23.4. The molecule has 204 valence electrons. The molecule has 0 radical (unpaired) electrons. The number of allylic oxidation sites excluding steroid dienone is 1. The maximum Gasteiger partial charge on any atom is 0.282 e. The first-order valence-corrected chi connectivity index (χ1v) is 13.8. The first kappa shape index (κ1) is 26.7. The monoisotopic (exact) mass is 547 g/mol. The van der Waals surface area contributed by atoms with Crippen molar-refractivity contribution in [3.8, 4) is 0 Å². The summed E-state index contributed by atoms with van der Waals surface area (Å²) in [6.07, 6.45) is 5.22. The van der Waals surface area contributed by atoms with Gasteiger partial charge in [-0.2, -0.15) is 0 Å². The van der Waals surface area contributed by atoms with Crippen molar-refractivity contribution in [2.75, 3.05) is 23.9 Å². The molecule has 0 atom stereocenters. The molecule has 0 saturated carbocycles. The SMILES string of the molecule is CN(C)c1ccc(C=C2N=C(c3ccccc3)N(c3ccc(C(=O)C=Cc4ccc5ccccc5c4)cc3)C2=O)cc1. The first-order valence-electron chi connectivity index (χ1n) is 13.8. The predicted octanol–water partition coefficient (Wildman–Crippen LogP) is 7.64. The molecule has 0 spiro atoms. The van der Waals surface area contributed by atoms with Crippen molar-refractivity contribution in [1.82, 2.24) is 0 Å². The van der Waals surface area contributed by atoms with Crippen molar-refractivity contribution in [2.24, 2.45) is 4.99 Å². The van der Waals surface area contributed by atoms with Crippen molar-refractivity contribution in [3.63, 3.8) is 0 Å². The Morgan fingerprint density at radius 2 is 1.40 bits per heavy atom. The van der Waals surface area contributed by atoms with Gasteiger partial charge in [-0.15, -0.1) is 0 Å². The quantitative estimate of drug-likeness (QED) is 0.155. The summed E-state index contributed by atoms with van der Waals surface area (Å²) in [5, 5.41) is 2.29. The molecule has 0 bridgehead atoms. The van der Waals surface area contributed by atoms with Gasteiger partial charge in [0.25, 0.3) is 5.91 Å². The van der Waals surface area contributed by atoms with Gasteiger partial charge in [0.05, 0.1) is 5.69 Å². The number of amidine groups is 1. The number of anilines is 2. The van der Waals surface area contributed by atoms with E-state index in [4.69, 9.17) is 4.99 Å². The summed E-state index contributed by atoms with van der Waals surface area (Å²) in [5.41, 5.74) is 5.29. The van der Waals surface area contributed by atoms with Crippen molar-refractivity contribution < 1.29 is 9.59 Å². The van der Waals surface area contributed by atoms with Gasteiger partial charge in [0, 0.05) is 30.9 Å². The van der Waals surface area contributed by atoms with Gasteiger partial charge in [-0.3, -0.25) is 14.5 Å². The van der Waals surface area contributed by atoms with Crippen LogP contribution < -0.4 is 9.80 Å². The van der Waals surface area contributed by atoms with Crippen LogP contribution in [0.4, 0.5) is 11.4 Å². The minimum Gasteiger partial charge on any atom is -0.378 e. The van der Waals surface area contributed by atoms with Gasteiger partial charge >= 0.3 is 0 Å². The van der Waals surface area contributed by atoms with Crippen LogP contribution in [0.15, 0.2) is 138 Å². The number of carbonyl (C=O) groups is 2. The highest BCUT2D eigenvalue weighted by molar-refractivity contribution is 6.33. The first-order chi connectivity index (χ1) is 20.5. The molecule has 0 saturated heterocycles. The molecule has 1 heterocycles. The topological polar surface area (TPSA) is 53.0 Å². The van der Waals surface area contributed by atoms with Crippen molar-refractivity contribution >= 4 is 51.8 Å². The summed E-state index contributed by atoms with van der Waals surface area (Å²) in [6, 6.07) is 38.9. The van der Waals surface area contributed by atoms with Crippen LogP contribution in [0.5, 0.6) is 0 Å². The lowest BCUT2D eigenvalue weighted by atomic mass is 10.0. The van der Waals surface area contributed by atoms with Gasteiger partial charge < -0.3 is 4.90 Å². The molecule has 0 aliphatic carbocycles. The second-order valence-corrected chi connectivity index (χ2v) is 10.3. The van der Waals surface area contributed by atoms with Gasteiger partial charge in [-0.1, -0.05) is 84.9 Å². The average Bonchev–Trinajstić information content (AvgIpc) is 3.35. The molecule has 1 amide bonds. The van der Waals surface area contributed by atoms with Gasteiger partial charge in [0.2, 0.25) is 0 Å². The summed E-state index contributed by atoms with van der Waals surface area (Å²) in [5.74, 6) is 0.217. The third kappa shape index (κ3) is 5.54. The van der Waals surface area contributed by atoms with Gasteiger partial charge in [-0.25, -0.2) is 4.99 Å². The molecule has 0 N–H and O–H groups in total. The van der Waals surface area contributed by atoms with Crippen LogP contribution in [0, 0.1) is 0 Å². The Labute approximate surface area is 245 Å². The molecule has 0 unspecified atom stereocenters. The summed E-state index contributed by atoms with van der Waals surface area (Å²) in [7, 11) is 3.98. The van der Waals surface area contributed by atoms with Crippen molar-refractivity contribution in [3.05, 3.63) is 155 Å². The molecular formula is C37H29N3O2. The number of ketones is 1. The molecule has 1 aliphatic heterocycles. The van der Waals surface area contributed by atoms with E-state index in [0.717, 1.165) is 33.2 Å². The smallest absolute Gasteiger partial charge is 0.282 e. The molecule has 1 aliphatic rings. The molecule has 6 rings (SSSR count). The standard InChI is InChI=1S/C37H29N3O2/c1-39(2)32-19-13-27(14-20-32)25-34-37(42)40(36(38-34)30-9-4-3-5-10-30)33-21-17-29(18-22-33)35(41)23-15-26-12-16-28-8-6-7-11-31(28)24-26/h3-25H,1-2H3. The second-order valence-electron chi connectivity index (χ2n) is 10.3. The largest absolute Gasteiger partial charge is 0.378 e. The molecule has 5 heteroatoms. The molecule has 42 heavy (non-hydrogen) atoms. The number of hydrogen-bond donors (Lipinski definition) is 0. The third-order valence-electron chi connectivity index (χ3n) is 7.22. The summed E-state index contributed by atoms with van der Waals surface area (Å²) >= 11 is 0. The summed E-state index contributed by atoms with van der Waals surface area (Å²) < 4.78 is 0. The Morgan fingerprint density at radius 3 is 2.12 bits per heavy atom. The molecule has 5 aromatic rings. The van der Waals surface area contributed by atoms with Crippen LogP contribution in [-0.4, -0.2) is 31.6 Å². The highest BCUT2D eigenvalue weighted by Gasteiger charge is 2.32. The lowest BCUT2D eigenvalue weighted by Gasteiger charge is -2.18. The average molecular weight is 548 g/mol. The number of amides is 1. The Bertz CT molecular complexity index is 1870. The highest BCUT2D eigenvalue weighted by Crippen LogP contribution is 2.29. The van der Waals surface area contributed by atoms with E-state index in [9.17, 15) is 9.59 Å². The number of hydrogen-bond acceptors (Lipinski definition) is 4. The van der Waals surface area contributed by atoms with Crippen LogP contribution in [0.1, 0.15) is 27.0 Å². The number of rotatable bonds is 7. The fourth-order valence-corrected chi connectivity index (χ4v) is 4.92. The number of carbonyl (C=O) groups excluding carboxylic acids is 2. The zero-order valence-electron chi connectivity index (χ0n) is 23.4.